The summed E-state index contributed by atoms with van der Waals surface area (Å²) in [5.74, 6) is -4.88. The van der Waals surface area contributed by atoms with Crippen molar-refractivity contribution in [2.24, 2.45) is 5.92 Å². The molecule has 140 valence electrons. The summed E-state index contributed by atoms with van der Waals surface area (Å²) in [4.78, 5) is 48.0. The first-order valence-corrected chi connectivity index (χ1v) is 8.54. The molecule has 7 heteroatoms. The molecular formula is C19H21FO6. The summed E-state index contributed by atoms with van der Waals surface area (Å²) >= 11 is 0. The van der Waals surface area contributed by atoms with Gasteiger partial charge in [-0.3, -0.25) is 14.4 Å². The fourth-order valence-electron chi connectivity index (χ4n) is 2.83. The minimum Gasteiger partial charge on any atom is -0.507 e. The maximum atomic E-state index is 14.2. The molecule has 2 atom stereocenters. The van der Waals surface area contributed by atoms with Crippen LogP contribution in [-0.2, 0) is 25.5 Å². The molecule has 1 N–H and O–H groups in total. The Labute approximate surface area is 150 Å². The molecule has 1 aliphatic rings. The summed E-state index contributed by atoms with van der Waals surface area (Å²) < 4.78 is 19.5. The second kappa shape index (κ2) is 8.21. The summed E-state index contributed by atoms with van der Waals surface area (Å²) in [6.07, 6.45) is -0.704. The maximum absolute atomic E-state index is 14.2. The van der Waals surface area contributed by atoms with Crippen LogP contribution in [0.15, 0.2) is 12.1 Å². The standard InChI is InChI=1S/C19H21FO6/c1-10-6-8-16(23)18(24)15(22)5-3-4-12-13(20)7-9-14(21)17(12)19(25)26-11(10)2/h7,9-11,21H,3-6,8H2,1-2H3/t10-,11+/m1/s1. The van der Waals surface area contributed by atoms with Gasteiger partial charge in [0, 0.05) is 18.4 Å². The Morgan fingerprint density at radius 2 is 1.69 bits per heavy atom. The molecule has 0 saturated carbocycles. The van der Waals surface area contributed by atoms with Gasteiger partial charge in [-0.2, -0.15) is 0 Å². The third-order valence-corrected chi connectivity index (χ3v) is 4.70. The van der Waals surface area contributed by atoms with E-state index in [-0.39, 0.29) is 49.1 Å². The zero-order valence-corrected chi connectivity index (χ0v) is 14.7. The first-order chi connectivity index (χ1) is 12.2. The summed E-state index contributed by atoms with van der Waals surface area (Å²) in [7, 11) is 0. The molecule has 6 nitrogen and oxygen atoms in total. The quantitative estimate of drug-likeness (QED) is 0.561. The van der Waals surface area contributed by atoms with Gasteiger partial charge < -0.3 is 9.84 Å². The van der Waals surface area contributed by atoms with Crippen LogP contribution in [0, 0.1) is 11.7 Å². The Morgan fingerprint density at radius 3 is 2.38 bits per heavy atom. The van der Waals surface area contributed by atoms with E-state index in [0.717, 1.165) is 12.1 Å². The molecule has 0 unspecified atom stereocenters. The van der Waals surface area contributed by atoms with Crippen molar-refractivity contribution in [1.29, 1.82) is 0 Å². The van der Waals surface area contributed by atoms with E-state index in [4.69, 9.17) is 4.74 Å². The smallest absolute Gasteiger partial charge is 0.342 e. The van der Waals surface area contributed by atoms with Crippen LogP contribution < -0.4 is 0 Å². The van der Waals surface area contributed by atoms with Gasteiger partial charge in [-0.1, -0.05) is 6.92 Å². The zero-order valence-electron chi connectivity index (χ0n) is 14.7. The number of ether oxygens (including phenoxy) is 1. The number of cyclic esters (lactones) is 1. The van der Waals surface area contributed by atoms with Gasteiger partial charge in [-0.05, 0) is 44.2 Å². The Bertz CT molecular complexity index is 755. The number of phenolic OH excluding ortho intramolecular Hbond substituents is 1. The molecule has 0 spiro atoms. The second-order valence-corrected chi connectivity index (χ2v) is 6.58. The number of phenols is 1. The van der Waals surface area contributed by atoms with E-state index < -0.39 is 41.0 Å². The van der Waals surface area contributed by atoms with E-state index in [1.807, 2.05) is 0 Å². The van der Waals surface area contributed by atoms with E-state index in [1.54, 1.807) is 13.8 Å². The Balaban J connectivity index is 2.39. The van der Waals surface area contributed by atoms with Crippen molar-refractivity contribution >= 4 is 23.3 Å². The molecule has 0 fully saturated rings. The highest BCUT2D eigenvalue weighted by Crippen LogP contribution is 2.28. The van der Waals surface area contributed by atoms with Gasteiger partial charge >= 0.3 is 5.97 Å². The molecule has 1 heterocycles. The van der Waals surface area contributed by atoms with Crippen molar-refractivity contribution in [3.63, 3.8) is 0 Å². The van der Waals surface area contributed by atoms with E-state index in [9.17, 15) is 28.7 Å². The number of hydrogen-bond donors (Lipinski definition) is 1. The highest BCUT2D eigenvalue weighted by atomic mass is 19.1. The molecular weight excluding hydrogens is 343 g/mol. The monoisotopic (exact) mass is 364 g/mol. The number of carbonyl (C=O) groups excluding carboxylic acids is 4. The predicted molar refractivity (Wildman–Crippen MR) is 89.3 cm³/mol. The third-order valence-electron chi connectivity index (χ3n) is 4.70. The van der Waals surface area contributed by atoms with Gasteiger partial charge in [0.1, 0.15) is 23.2 Å². The lowest BCUT2D eigenvalue weighted by atomic mass is 9.94. The van der Waals surface area contributed by atoms with Crippen LogP contribution in [0.1, 0.15) is 55.5 Å². The molecule has 0 amide bonds. The molecule has 1 aromatic rings. The largest absolute Gasteiger partial charge is 0.507 e. The van der Waals surface area contributed by atoms with E-state index >= 15 is 0 Å². The summed E-state index contributed by atoms with van der Waals surface area (Å²) in [5, 5.41) is 10.0. The number of halogens is 1. The Hall–Kier alpha value is -2.57. The number of esters is 1. The van der Waals surface area contributed by atoms with Crippen LogP contribution in [0.3, 0.4) is 0 Å². The van der Waals surface area contributed by atoms with Crippen molar-refractivity contribution in [2.75, 3.05) is 0 Å². The molecule has 0 aromatic heterocycles. The fraction of sp³-hybridized carbons (Fsp3) is 0.474. The molecule has 1 aromatic carbocycles. The third kappa shape index (κ3) is 4.33. The zero-order chi connectivity index (χ0) is 19.4. The molecule has 26 heavy (non-hydrogen) atoms. The number of rotatable bonds is 0. The number of aromatic hydroxyl groups is 1. The minimum absolute atomic E-state index is 0.0538. The van der Waals surface area contributed by atoms with E-state index in [2.05, 4.69) is 0 Å². The van der Waals surface area contributed by atoms with Gasteiger partial charge in [0.15, 0.2) is 0 Å². The van der Waals surface area contributed by atoms with Gasteiger partial charge in [0.05, 0.1) is 0 Å². The average Bonchev–Trinajstić information content (AvgIpc) is 2.60. The van der Waals surface area contributed by atoms with E-state index in [0.29, 0.717) is 0 Å². The number of fused-ring (bicyclic) bond motifs is 1. The van der Waals surface area contributed by atoms with Crippen LogP contribution in [0.25, 0.3) is 0 Å². The van der Waals surface area contributed by atoms with Crippen LogP contribution in [-0.4, -0.2) is 34.5 Å². The number of carbonyl (C=O) groups is 4. The molecule has 0 saturated heterocycles. The summed E-state index contributed by atoms with van der Waals surface area (Å²) in [6, 6.07) is 2.09. The first-order valence-electron chi connectivity index (χ1n) is 8.54. The summed E-state index contributed by atoms with van der Waals surface area (Å²) in [6.45, 7) is 3.34. The van der Waals surface area contributed by atoms with E-state index in [1.165, 1.54) is 0 Å². The Morgan fingerprint density at radius 1 is 1.04 bits per heavy atom. The molecule has 2 rings (SSSR count). The van der Waals surface area contributed by atoms with Crippen molar-refractivity contribution in [3.8, 4) is 5.75 Å². The molecule has 0 aliphatic carbocycles. The van der Waals surface area contributed by atoms with Gasteiger partial charge in [-0.15, -0.1) is 0 Å². The number of Topliss-reactive ketones (excluding diaryl/α,β-unsaturated/α-hetero) is 3. The number of benzene rings is 1. The van der Waals surface area contributed by atoms with Gasteiger partial charge in [0.2, 0.25) is 11.6 Å². The highest BCUT2D eigenvalue weighted by molar-refractivity contribution is 6.63. The fourth-order valence-corrected chi connectivity index (χ4v) is 2.83. The van der Waals surface area contributed by atoms with Crippen molar-refractivity contribution in [1.82, 2.24) is 0 Å². The van der Waals surface area contributed by atoms with Crippen molar-refractivity contribution in [3.05, 3.63) is 29.1 Å². The molecule has 0 radical (unpaired) electrons. The average molecular weight is 364 g/mol. The number of ketones is 3. The van der Waals surface area contributed by atoms with Gasteiger partial charge in [0.25, 0.3) is 5.78 Å². The lowest BCUT2D eigenvalue weighted by Gasteiger charge is -2.21. The molecule has 1 aliphatic heterocycles. The van der Waals surface area contributed by atoms with Crippen LogP contribution in [0.4, 0.5) is 4.39 Å². The second-order valence-electron chi connectivity index (χ2n) is 6.58. The minimum atomic E-state index is -1.05. The molecule has 0 bridgehead atoms. The Kier molecular flexibility index (Phi) is 6.23. The van der Waals surface area contributed by atoms with Gasteiger partial charge in [-0.25, -0.2) is 9.18 Å². The van der Waals surface area contributed by atoms with Crippen LogP contribution >= 0.6 is 0 Å². The summed E-state index contributed by atoms with van der Waals surface area (Å²) in [5.41, 5.74) is -0.338. The van der Waals surface area contributed by atoms with Crippen molar-refractivity contribution in [2.45, 2.75) is 52.1 Å². The van der Waals surface area contributed by atoms with Crippen LogP contribution in [0.5, 0.6) is 5.75 Å². The lowest BCUT2D eigenvalue weighted by molar-refractivity contribution is -0.144. The number of hydrogen-bond acceptors (Lipinski definition) is 6. The lowest BCUT2D eigenvalue weighted by Crippen LogP contribution is -2.27. The topological polar surface area (TPSA) is 97.7 Å². The normalized spacial score (nSPS) is 23.2. The van der Waals surface area contributed by atoms with Crippen molar-refractivity contribution < 1.29 is 33.4 Å². The maximum Gasteiger partial charge on any atom is 0.342 e. The predicted octanol–water partition coefficient (Wildman–Crippen LogP) is 2.54. The van der Waals surface area contributed by atoms with Crippen LogP contribution in [0.2, 0.25) is 0 Å². The highest BCUT2D eigenvalue weighted by Gasteiger charge is 2.28. The first kappa shape index (κ1) is 19.8. The SMILES string of the molecule is C[C@@H]1CCC(=O)C(=O)C(=O)CCCc2c(F)ccc(O)c2C(=O)O[C@H]1C.